The third-order valence-electron chi connectivity index (χ3n) is 5.66. The molecule has 0 radical (unpaired) electrons. The molecule has 6 heteroatoms. The fourth-order valence-corrected chi connectivity index (χ4v) is 4.25. The van der Waals surface area contributed by atoms with Crippen LogP contribution in [0.1, 0.15) is 17.2 Å². The third-order valence-corrected chi connectivity index (χ3v) is 5.66. The third kappa shape index (κ3) is 2.93. The molecule has 2 amide bonds. The Morgan fingerprint density at radius 2 is 1.43 bits per heavy atom. The minimum absolute atomic E-state index is 0.0643. The van der Waals surface area contributed by atoms with Gasteiger partial charge in [-0.25, -0.2) is 5.06 Å². The minimum atomic E-state index is -0.925. The van der Waals surface area contributed by atoms with Crippen LogP contribution < -0.4 is 5.06 Å². The van der Waals surface area contributed by atoms with Crippen molar-refractivity contribution in [2.75, 3.05) is 5.06 Å². The van der Waals surface area contributed by atoms with Gasteiger partial charge in [-0.15, -0.1) is 0 Å². The summed E-state index contributed by atoms with van der Waals surface area (Å²) in [5.41, 5.74) is 2.14. The van der Waals surface area contributed by atoms with Crippen LogP contribution >= 0.6 is 0 Å². The van der Waals surface area contributed by atoms with Gasteiger partial charge < -0.3 is 5.11 Å². The lowest BCUT2D eigenvalue weighted by atomic mass is 9.90. The first-order chi connectivity index (χ1) is 14.6. The maximum atomic E-state index is 13.4. The number of hydrogen-bond acceptors (Lipinski definition) is 5. The van der Waals surface area contributed by atoms with Crippen molar-refractivity contribution in [1.82, 2.24) is 4.90 Å². The van der Waals surface area contributed by atoms with Crippen LogP contribution in [0.5, 0.6) is 5.75 Å². The Morgan fingerprint density at radius 3 is 2.13 bits per heavy atom. The number of hydrogen-bond donors (Lipinski definition) is 1. The van der Waals surface area contributed by atoms with Crippen LogP contribution in [0, 0.1) is 5.92 Å². The normalized spacial score (nSPS) is 23.1. The van der Waals surface area contributed by atoms with Gasteiger partial charge in [-0.05, 0) is 23.8 Å². The smallest absolute Gasteiger partial charge is 0.262 e. The number of amides is 2. The molecule has 3 aromatic carbocycles. The Morgan fingerprint density at radius 1 is 0.800 bits per heavy atom. The van der Waals surface area contributed by atoms with Gasteiger partial charge in [-0.3, -0.25) is 19.3 Å². The van der Waals surface area contributed by atoms with Crippen molar-refractivity contribution in [2.45, 2.75) is 18.7 Å². The summed E-state index contributed by atoms with van der Waals surface area (Å²) in [5.74, 6) is -1.32. The lowest BCUT2D eigenvalue weighted by Gasteiger charge is -2.29. The van der Waals surface area contributed by atoms with Crippen molar-refractivity contribution in [3.63, 3.8) is 0 Å². The average molecular weight is 400 g/mol. The largest absolute Gasteiger partial charge is 0.508 e. The number of phenolic OH excluding ortho intramolecular Hbond substituents is 1. The van der Waals surface area contributed by atoms with Crippen LogP contribution in [-0.4, -0.2) is 27.9 Å². The number of aromatic hydroxyl groups is 1. The molecule has 0 unspecified atom stereocenters. The van der Waals surface area contributed by atoms with Gasteiger partial charge in [0.15, 0.2) is 6.10 Å². The zero-order valence-corrected chi connectivity index (χ0v) is 16.1. The molecule has 2 aliphatic heterocycles. The second kappa shape index (κ2) is 7.31. The Balaban J connectivity index is 1.54. The highest BCUT2D eigenvalue weighted by molar-refractivity contribution is 6.07. The Hall–Kier alpha value is -3.64. The number of likely N-dealkylation sites (tertiary alicyclic amines) is 1. The Bertz CT molecular complexity index is 1090. The molecule has 1 N–H and O–H groups in total. The monoisotopic (exact) mass is 400 g/mol. The van der Waals surface area contributed by atoms with Crippen LogP contribution in [0.2, 0.25) is 0 Å². The highest BCUT2D eigenvalue weighted by atomic mass is 16.7. The van der Waals surface area contributed by atoms with Crippen LogP contribution in [-0.2, 0) is 21.0 Å². The second-order valence-electron chi connectivity index (χ2n) is 7.47. The molecule has 0 bridgehead atoms. The highest BCUT2D eigenvalue weighted by Gasteiger charge is 2.60. The van der Waals surface area contributed by atoms with Crippen LogP contribution in [0.25, 0.3) is 0 Å². The van der Waals surface area contributed by atoms with Crippen molar-refractivity contribution < 1.29 is 19.5 Å². The van der Waals surface area contributed by atoms with E-state index in [1.807, 2.05) is 60.7 Å². The maximum Gasteiger partial charge on any atom is 0.262 e. The number of anilines is 1. The molecule has 0 saturated carbocycles. The number of benzene rings is 3. The summed E-state index contributed by atoms with van der Waals surface area (Å²) in [7, 11) is 0. The van der Waals surface area contributed by atoms with Gasteiger partial charge in [0, 0.05) is 5.56 Å². The predicted octanol–water partition coefficient (Wildman–Crippen LogP) is 3.44. The molecule has 3 atom stereocenters. The minimum Gasteiger partial charge on any atom is -0.508 e. The lowest BCUT2D eigenvalue weighted by molar-refractivity contribution is -0.143. The number of fused-ring (bicyclic) bond motifs is 1. The predicted molar refractivity (Wildman–Crippen MR) is 110 cm³/mol. The number of imide groups is 1. The van der Waals surface area contributed by atoms with E-state index >= 15 is 0 Å². The van der Waals surface area contributed by atoms with Crippen molar-refractivity contribution in [3.8, 4) is 5.75 Å². The molecule has 2 saturated heterocycles. The zero-order chi connectivity index (χ0) is 20.7. The molecule has 0 spiro atoms. The van der Waals surface area contributed by atoms with Crippen LogP contribution in [0.3, 0.4) is 0 Å². The zero-order valence-electron chi connectivity index (χ0n) is 16.1. The van der Waals surface area contributed by atoms with Crippen molar-refractivity contribution in [2.24, 2.45) is 5.92 Å². The summed E-state index contributed by atoms with van der Waals surface area (Å²) in [6, 6.07) is 25.0. The fraction of sp³-hybridized carbons (Fsp3) is 0.167. The number of rotatable bonds is 4. The number of carbonyl (C=O) groups is 2. The molecule has 150 valence electrons. The van der Waals surface area contributed by atoms with E-state index in [0.717, 1.165) is 11.3 Å². The molecule has 0 aliphatic carbocycles. The Kier molecular flexibility index (Phi) is 4.48. The summed E-state index contributed by atoms with van der Waals surface area (Å²) in [4.78, 5) is 33.8. The van der Waals surface area contributed by atoms with Crippen LogP contribution in [0.15, 0.2) is 84.9 Å². The number of phenols is 1. The standard InChI is InChI=1S/C24H20N2O4/c27-19-14-8-7-13-18(19)21-20-22(30-26(21)17-11-5-2-6-12-17)24(29)25(23(20)28)15-16-9-3-1-4-10-16/h1-14,20-22,27H,15H2/t20-,21-,22+/m0/s1. The van der Waals surface area contributed by atoms with E-state index in [1.165, 1.54) is 4.90 Å². The Labute approximate surface area is 173 Å². The molecule has 3 aromatic rings. The molecule has 5 rings (SSSR count). The number of carbonyl (C=O) groups excluding carboxylic acids is 2. The van der Waals surface area contributed by atoms with Gasteiger partial charge in [0.25, 0.3) is 5.91 Å². The first kappa shape index (κ1) is 18.4. The van der Waals surface area contributed by atoms with E-state index < -0.39 is 18.1 Å². The highest BCUT2D eigenvalue weighted by Crippen LogP contribution is 2.48. The topological polar surface area (TPSA) is 70.1 Å². The summed E-state index contributed by atoms with van der Waals surface area (Å²) in [6.45, 7) is 0.202. The first-order valence-electron chi connectivity index (χ1n) is 9.83. The molecular weight excluding hydrogens is 380 g/mol. The van der Waals surface area contributed by atoms with Gasteiger partial charge >= 0.3 is 0 Å². The summed E-state index contributed by atoms with van der Waals surface area (Å²) in [5, 5.41) is 12.1. The van der Waals surface area contributed by atoms with Crippen LogP contribution in [0.4, 0.5) is 5.69 Å². The molecule has 2 aliphatic rings. The first-order valence-corrected chi connectivity index (χ1v) is 9.83. The quantitative estimate of drug-likeness (QED) is 0.680. The average Bonchev–Trinajstić information content (AvgIpc) is 3.27. The van der Waals surface area contributed by atoms with Crippen molar-refractivity contribution in [1.29, 1.82) is 0 Å². The van der Waals surface area contributed by atoms with Gasteiger partial charge in [0.1, 0.15) is 11.7 Å². The van der Waals surface area contributed by atoms with E-state index in [0.29, 0.717) is 5.56 Å². The number of nitrogens with zero attached hydrogens (tertiary/aromatic N) is 2. The van der Waals surface area contributed by atoms with E-state index in [-0.39, 0.29) is 24.1 Å². The van der Waals surface area contributed by atoms with Gasteiger partial charge in [-0.2, -0.15) is 0 Å². The van der Waals surface area contributed by atoms with Gasteiger partial charge in [0.05, 0.1) is 18.3 Å². The second-order valence-corrected chi connectivity index (χ2v) is 7.47. The van der Waals surface area contributed by atoms with Crippen molar-refractivity contribution in [3.05, 3.63) is 96.1 Å². The molecule has 2 heterocycles. The molecule has 2 fully saturated rings. The molecular formula is C24H20N2O4. The SMILES string of the molecule is O=C1[C@@H]2[C@@H](ON(c3ccccc3)[C@H]2c2ccccc2O)C(=O)N1Cc1ccccc1. The molecule has 6 nitrogen and oxygen atoms in total. The summed E-state index contributed by atoms with van der Waals surface area (Å²) >= 11 is 0. The fourth-order valence-electron chi connectivity index (χ4n) is 4.25. The van der Waals surface area contributed by atoms with Crippen molar-refractivity contribution >= 4 is 17.5 Å². The number of para-hydroxylation sites is 2. The maximum absolute atomic E-state index is 13.4. The molecule has 0 aromatic heterocycles. The summed E-state index contributed by atoms with van der Waals surface area (Å²) in [6.07, 6.45) is -0.925. The van der Waals surface area contributed by atoms with E-state index in [2.05, 4.69) is 0 Å². The van der Waals surface area contributed by atoms with Gasteiger partial charge in [-0.1, -0.05) is 66.7 Å². The van der Waals surface area contributed by atoms with E-state index in [9.17, 15) is 14.7 Å². The van der Waals surface area contributed by atoms with E-state index in [1.54, 1.807) is 29.3 Å². The van der Waals surface area contributed by atoms with E-state index in [4.69, 9.17) is 4.84 Å². The summed E-state index contributed by atoms with van der Waals surface area (Å²) < 4.78 is 0. The molecule has 30 heavy (non-hydrogen) atoms. The lowest BCUT2D eigenvalue weighted by Crippen LogP contribution is -2.36. The number of hydroxylamine groups is 1. The van der Waals surface area contributed by atoms with Gasteiger partial charge in [0.2, 0.25) is 5.91 Å².